The van der Waals surface area contributed by atoms with Gasteiger partial charge in [-0.25, -0.2) is 0 Å². The number of hydrogen-bond donors (Lipinski definition) is 1. The average molecular weight is 317 g/mol. The highest BCUT2D eigenvalue weighted by molar-refractivity contribution is 5.81. The van der Waals surface area contributed by atoms with Crippen molar-refractivity contribution in [3.63, 3.8) is 0 Å². The minimum Gasteiger partial charge on any atom is -0.485 e. The molecule has 0 saturated carbocycles. The van der Waals surface area contributed by atoms with Crippen molar-refractivity contribution in [2.75, 3.05) is 13.2 Å². The maximum atomic E-state index is 12.1. The molecule has 1 aliphatic rings. The van der Waals surface area contributed by atoms with Crippen molar-refractivity contribution >= 4 is 5.91 Å². The minimum atomic E-state index is -0.654. The van der Waals surface area contributed by atoms with E-state index in [1.54, 1.807) is 6.07 Å². The number of amides is 1. The molecule has 1 aromatic carbocycles. The van der Waals surface area contributed by atoms with Crippen LogP contribution in [0, 0.1) is 0 Å². The van der Waals surface area contributed by atoms with Crippen molar-refractivity contribution in [1.82, 2.24) is 15.5 Å². The summed E-state index contributed by atoms with van der Waals surface area (Å²) in [6.07, 6.45) is -0.172. The second kappa shape index (κ2) is 6.68. The van der Waals surface area contributed by atoms with E-state index >= 15 is 0 Å². The second-order valence-corrected chi connectivity index (χ2v) is 5.61. The van der Waals surface area contributed by atoms with Crippen LogP contribution in [0.25, 0.3) is 0 Å². The van der Waals surface area contributed by atoms with Crippen LogP contribution in [0.2, 0.25) is 0 Å². The Morgan fingerprint density at radius 1 is 1.35 bits per heavy atom. The maximum absolute atomic E-state index is 12.1. The van der Waals surface area contributed by atoms with Crippen molar-refractivity contribution in [3.05, 3.63) is 36.0 Å². The van der Waals surface area contributed by atoms with Crippen LogP contribution in [0.5, 0.6) is 11.5 Å². The normalized spacial score (nSPS) is 16.4. The molecule has 0 fully saturated rings. The quantitative estimate of drug-likeness (QED) is 0.903. The lowest BCUT2D eigenvalue weighted by Gasteiger charge is -2.25. The third-order valence-electron chi connectivity index (χ3n) is 3.44. The molecule has 2 heterocycles. The van der Waals surface area contributed by atoms with Crippen molar-refractivity contribution in [2.45, 2.75) is 32.3 Å². The summed E-state index contributed by atoms with van der Waals surface area (Å²) in [6.45, 7) is 4.59. The number of para-hydroxylation sites is 2. The fourth-order valence-electron chi connectivity index (χ4n) is 2.16. The SMILES string of the molecule is CC(C)c1noc(CCNC(=O)C2COc3ccccc3O2)n1. The predicted octanol–water partition coefficient (Wildman–Crippen LogP) is 1.69. The molecule has 0 saturated heterocycles. The van der Waals surface area contributed by atoms with Gasteiger partial charge in [-0.1, -0.05) is 31.1 Å². The third kappa shape index (κ3) is 3.61. The van der Waals surface area contributed by atoms with Gasteiger partial charge in [0.05, 0.1) is 0 Å². The summed E-state index contributed by atoms with van der Waals surface area (Å²) >= 11 is 0. The largest absolute Gasteiger partial charge is 0.485 e. The zero-order valence-corrected chi connectivity index (χ0v) is 13.1. The Bertz CT molecular complexity index is 683. The zero-order valence-electron chi connectivity index (χ0n) is 13.1. The lowest BCUT2D eigenvalue weighted by molar-refractivity contribution is -0.130. The standard InChI is InChI=1S/C16H19N3O4/c1-10(2)15-18-14(23-19-15)7-8-17-16(20)13-9-21-11-5-3-4-6-12(11)22-13/h3-6,10,13H,7-9H2,1-2H3,(H,17,20). The van der Waals surface area contributed by atoms with Crippen molar-refractivity contribution in [3.8, 4) is 11.5 Å². The molecule has 23 heavy (non-hydrogen) atoms. The molecule has 0 radical (unpaired) electrons. The summed E-state index contributed by atoms with van der Waals surface area (Å²) in [5, 5.41) is 6.68. The van der Waals surface area contributed by atoms with Crippen molar-refractivity contribution in [2.24, 2.45) is 0 Å². The molecular formula is C16H19N3O4. The van der Waals surface area contributed by atoms with Gasteiger partial charge in [0.25, 0.3) is 5.91 Å². The number of nitrogens with one attached hydrogen (secondary N) is 1. The van der Waals surface area contributed by atoms with Crippen LogP contribution in [0.1, 0.15) is 31.5 Å². The first-order valence-electron chi connectivity index (χ1n) is 7.62. The fourth-order valence-corrected chi connectivity index (χ4v) is 2.16. The monoisotopic (exact) mass is 317 g/mol. The molecule has 1 aromatic heterocycles. The topological polar surface area (TPSA) is 86.5 Å². The molecule has 1 N–H and O–H groups in total. The van der Waals surface area contributed by atoms with E-state index in [-0.39, 0.29) is 18.4 Å². The zero-order chi connectivity index (χ0) is 16.2. The van der Waals surface area contributed by atoms with E-state index in [0.29, 0.717) is 36.2 Å². The smallest absolute Gasteiger partial charge is 0.264 e. The summed E-state index contributed by atoms with van der Waals surface area (Å²) in [4.78, 5) is 16.4. The van der Waals surface area contributed by atoms with Gasteiger partial charge >= 0.3 is 0 Å². The summed E-state index contributed by atoms with van der Waals surface area (Å²) in [5.74, 6) is 2.42. The number of carbonyl (C=O) groups is 1. The maximum Gasteiger partial charge on any atom is 0.264 e. The van der Waals surface area contributed by atoms with Gasteiger partial charge < -0.3 is 19.3 Å². The highest BCUT2D eigenvalue weighted by Gasteiger charge is 2.26. The highest BCUT2D eigenvalue weighted by atomic mass is 16.6. The van der Waals surface area contributed by atoms with E-state index < -0.39 is 6.10 Å². The van der Waals surface area contributed by atoms with Crippen LogP contribution < -0.4 is 14.8 Å². The number of benzene rings is 1. The Hall–Kier alpha value is -2.57. The van der Waals surface area contributed by atoms with Crippen LogP contribution in [-0.2, 0) is 11.2 Å². The van der Waals surface area contributed by atoms with Crippen LogP contribution >= 0.6 is 0 Å². The molecule has 0 bridgehead atoms. The average Bonchev–Trinajstić information content (AvgIpc) is 3.03. The first kappa shape index (κ1) is 15.3. The van der Waals surface area contributed by atoms with E-state index in [2.05, 4.69) is 15.5 Å². The second-order valence-electron chi connectivity index (χ2n) is 5.61. The Morgan fingerprint density at radius 3 is 2.87 bits per heavy atom. The third-order valence-corrected chi connectivity index (χ3v) is 3.44. The van der Waals surface area contributed by atoms with Gasteiger partial charge in [-0.3, -0.25) is 4.79 Å². The van der Waals surface area contributed by atoms with Gasteiger partial charge in [0, 0.05) is 18.9 Å². The minimum absolute atomic E-state index is 0.195. The molecule has 122 valence electrons. The lowest BCUT2D eigenvalue weighted by Crippen LogP contribution is -2.44. The Morgan fingerprint density at radius 2 is 2.13 bits per heavy atom. The lowest BCUT2D eigenvalue weighted by atomic mass is 10.2. The van der Waals surface area contributed by atoms with Gasteiger partial charge in [0.15, 0.2) is 17.3 Å². The molecule has 1 aliphatic heterocycles. The molecule has 0 spiro atoms. The molecule has 7 nitrogen and oxygen atoms in total. The Balaban J connectivity index is 1.48. The summed E-state index contributed by atoms with van der Waals surface area (Å²) < 4.78 is 16.3. The molecule has 3 rings (SSSR count). The number of aromatic nitrogens is 2. The van der Waals surface area contributed by atoms with Crippen molar-refractivity contribution in [1.29, 1.82) is 0 Å². The number of carbonyl (C=O) groups excluding carboxylic acids is 1. The highest BCUT2D eigenvalue weighted by Crippen LogP contribution is 2.30. The van der Waals surface area contributed by atoms with Crippen LogP contribution in [0.15, 0.2) is 28.8 Å². The van der Waals surface area contributed by atoms with E-state index in [0.717, 1.165) is 0 Å². The summed E-state index contributed by atoms with van der Waals surface area (Å²) in [5.41, 5.74) is 0. The molecule has 0 aliphatic carbocycles. The van der Waals surface area contributed by atoms with Crippen LogP contribution in [-0.4, -0.2) is 35.3 Å². The number of ether oxygens (including phenoxy) is 2. The number of rotatable bonds is 5. The van der Waals surface area contributed by atoms with E-state index in [9.17, 15) is 4.79 Å². The molecule has 1 unspecified atom stereocenters. The van der Waals surface area contributed by atoms with Gasteiger partial charge in [-0.05, 0) is 12.1 Å². The molecule has 7 heteroatoms. The summed E-state index contributed by atoms with van der Waals surface area (Å²) in [6, 6.07) is 7.29. The number of fused-ring (bicyclic) bond motifs is 1. The first-order valence-corrected chi connectivity index (χ1v) is 7.62. The van der Waals surface area contributed by atoms with E-state index in [4.69, 9.17) is 14.0 Å². The fraction of sp³-hybridized carbons (Fsp3) is 0.438. The van der Waals surface area contributed by atoms with E-state index in [1.807, 2.05) is 32.0 Å². The molecular weight excluding hydrogens is 298 g/mol. The Labute approximate surface area is 134 Å². The summed E-state index contributed by atoms with van der Waals surface area (Å²) in [7, 11) is 0. The number of hydrogen-bond acceptors (Lipinski definition) is 6. The van der Waals surface area contributed by atoms with Gasteiger partial charge in [0.2, 0.25) is 12.0 Å². The first-order chi connectivity index (χ1) is 11.1. The van der Waals surface area contributed by atoms with Gasteiger partial charge in [0.1, 0.15) is 6.61 Å². The molecule has 1 atom stereocenters. The predicted molar refractivity (Wildman–Crippen MR) is 81.5 cm³/mol. The molecule has 2 aromatic rings. The molecule has 1 amide bonds. The van der Waals surface area contributed by atoms with Gasteiger partial charge in [-0.2, -0.15) is 4.98 Å². The van der Waals surface area contributed by atoms with Crippen molar-refractivity contribution < 1.29 is 18.8 Å². The van der Waals surface area contributed by atoms with Gasteiger partial charge in [-0.15, -0.1) is 0 Å². The van der Waals surface area contributed by atoms with E-state index in [1.165, 1.54) is 0 Å². The van der Waals surface area contributed by atoms with Crippen LogP contribution in [0.4, 0.5) is 0 Å². The number of nitrogens with zero attached hydrogens (tertiary/aromatic N) is 2. The van der Waals surface area contributed by atoms with Crippen LogP contribution in [0.3, 0.4) is 0 Å². The Kier molecular flexibility index (Phi) is 4.45.